The molecule has 3 aliphatic rings. The fourth-order valence-corrected chi connectivity index (χ4v) is 4.42. The van der Waals surface area contributed by atoms with Crippen LogP contribution in [0.3, 0.4) is 0 Å². The predicted octanol–water partition coefficient (Wildman–Crippen LogP) is 1.15. The van der Waals surface area contributed by atoms with E-state index < -0.39 is 0 Å². The second kappa shape index (κ2) is 7.95. The van der Waals surface area contributed by atoms with Crippen molar-refractivity contribution in [3.05, 3.63) is 0 Å². The van der Waals surface area contributed by atoms with Crippen LogP contribution in [-0.4, -0.2) is 84.5 Å². The van der Waals surface area contributed by atoms with Gasteiger partial charge in [0.2, 0.25) is 5.91 Å². The van der Waals surface area contributed by atoms with Gasteiger partial charge in [0.1, 0.15) is 0 Å². The Morgan fingerprint density at radius 1 is 0.957 bits per heavy atom. The van der Waals surface area contributed by atoms with Gasteiger partial charge in [-0.1, -0.05) is 6.42 Å². The molecule has 0 aromatic rings. The highest BCUT2D eigenvalue weighted by Gasteiger charge is 2.30. The molecule has 23 heavy (non-hydrogen) atoms. The van der Waals surface area contributed by atoms with Crippen LogP contribution in [-0.2, 0) is 4.79 Å². The lowest BCUT2D eigenvalue weighted by Gasteiger charge is -2.38. The molecule has 5 heteroatoms. The van der Waals surface area contributed by atoms with Gasteiger partial charge in [0.25, 0.3) is 0 Å². The summed E-state index contributed by atoms with van der Waals surface area (Å²) in [5.74, 6) is 0.339. The van der Waals surface area contributed by atoms with Gasteiger partial charge in [-0.25, -0.2) is 0 Å². The third kappa shape index (κ3) is 4.25. The lowest BCUT2D eigenvalue weighted by Crippen LogP contribution is -2.55. The number of nitrogens with zero attached hydrogens (tertiary/aromatic N) is 3. The standard InChI is InChI=1S/C18H34N4O/c1-15-6-7-16(2)22(15)14-11-20-9-12-21(13-10-20)18(23)17-5-3-4-8-19-17/h15-17,19H,3-14H2,1-2H3/t15-,16-,17+/m1/s1. The van der Waals surface area contributed by atoms with E-state index in [0.29, 0.717) is 5.91 Å². The Kier molecular flexibility index (Phi) is 5.94. The lowest BCUT2D eigenvalue weighted by atomic mass is 10.0. The van der Waals surface area contributed by atoms with E-state index in [2.05, 4.69) is 33.9 Å². The van der Waals surface area contributed by atoms with Crippen LogP contribution < -0.4 is 5.32 Å². The molecule has 0 radical (unpaired) electrons. The number of likely N-dealkylation sites (tertiary alicyclic amines) is 1. The van der Waals surface area contributed by atoms with Crippen LogP contribution in [0.4, 0.5) is 0 Å². The summed E-state index contributed by atoms with van der Waals surface area (Å²) in [6.45, 7) is 11.9. The number of piperazine rings is 1. The normalized spacial score (nSPS) is 34.0. The van der Waals surface area contributed by atoms with E-state index >= 15 is 0 Å². The summed E-state index contributed by atoms with van der Waals surface area (Å²) in [5.41, 5.74) is 0. The molecular formula is C18H34N4O. The van der Waals surface area contributed by atoms with E-state index in [1.165, 1.54) is 32.2 Å². The summed E-state index contributed by atoms with van der Waals surface area (Å²) >= 11 is 0. The molecule has 0 aromatic heterocycles. The Hall–Kier alpha value is -0.650. The second-order valence-electron chi connectivity index (χ2n) is 7.68. The molecule has 132 valence electrons. The number of hydrogen-bond acceptors (Lipinski definition) is 4. The third-order valence-corrected chi connectivity index (χ3v) is 6.10. The van der Waals surface area contributed by atoms with Gasteiger partial charge in [-0.15, -0.1) is 0 Å². The van der Waals surface area contributed by atoms with Gasteiger partial charge in [-0.05, 0) is 46.1 Å². The molecule has 0 unspecified atom stereocenters. The van der Waals surface area contributed by atoms with Gasteiger partial charge in [0.15, 0.2) is 0 Å². The molecule has 1 N–H and O–H groups in total. The van der Waals surface area contributed by atoms with Crippen LogP contribution in [0, 0.1) is 0 Å². The maximum atomic E-state index is 12.5. The zero-order valence-corrected chi connectivity index (χ0v) is 15.0. The first-order valence-corrected chi connectivity index (χ1v) is 9.65. The number of carbonyl (C=O) groups is 1. The molecule has 0 aliphatic carbocycles. The first-order chi connectivity index (χ1) is 11.1. The molecule has 0 spiro atoms. The Labute approximate surface area is 141 Å². The van der Waals surface area contributed by atoms with Crippen molar-refractivity contribution in [2.75, 3.05) is 45.8 Å². The monoisotopic (exact) mass is 322 g/mol. The van der Waals surface area contributed by atoms with Gasteiger partial charge in [0.05, 0.1) is 6.04 Å². The molecule has 5 nitrogen and oxygen atoms in total. The number of nitrogens with one attached hydrogen (secondary N) is 1. The summed E-state index contributed by atoms with van der Waals surface area (Å²) < 4.78 is 0. The number of hydrogen-bond donors (Lipinski definition) is 1. The minimum Gasteiger partial charge on any atom is -0.339 e. The van der Waals surface area contributed by atoms with Crippen molar-refractivity contribution in [3.63, 3.8) is 0 Å². The summed E-state index contributed by atoms with van der Waals surface area (Å²) in [6, 6.07) is 1.57. The van der Waals surface area contributed by atoms with E-state index in [1.54, 1.807) is 0 Å². The van der Waals surface area contributed by atoms with E-state index in [1.807, 2.05) is 0 Å². The van der Waals surface area contributed by atoms with Gasteiger partial charge < -0.3 is 10.2 Å². The highest BCUT2D eigenvalue weighted by atomic mass is 16.2. The lowest BCUT2D eigenvalue weighted by molar-refractivity contribution is -0.135. The molecule has 0 bridgehead atoms. The largest absolute Gasteiger partial charge is 0.339 e. The van der Waals surface area contributed by atoms with Crippen LogP contribution in [0.25, 0.3) is 0 Å². The van der Waals surface area contributed by atoms with Gasteiger partial charge >= 0.3 is 0 Å². The Morgan fingerprint density at radius 2 is 1.65 bits per heavy atom. The molecule has 3 heterocycles. The van der Waals surface area contributed by atoms with Crippen LogP contribution in [0.2, 0.25) is 0 Å². The fraction of sp³-hybridized carbons (Fsp3) is 0.944. The van der Waals surface area contributed by atoms with Crippen molar-refractivity contribution >= 4 is 5.91 Å². The van der Waals surface area contributed by atoms with Crippen LogP contribution in [0.1, 0.15) is 46.0 Å². The quantitative estimate of drug-likeness (QED) is 0.843. The highest BCUT2D eigenvalue weighted by Crippen LogP contribution is 2.23. The molecule has 1 amide bonds. The summed E-state index contributed by atoms with van der Waals surface area (Å²) in [7, 11) is 0. The average molecular weight is 322 g/mol. The Bertz CT molecular complexity index is 378. The molecule has 3 fully saturated rings. The van der Waals surface area contributed by atoms with Gasteiger partial charge in [0, 0.05) is 51.4 Å². The van der Waals surface area contributed by atoms with Crippen molar-refractivity contribution in [3.8, 4) is 0 Å². The Morgan fingerprint density at radius 3 is 2.26 bits per heavy atom. The van der Waals surface area contributed by atoms with Crippen LogP contribution in [0.5, 0.6) is 0 Å². The topological polar surface area (TPSA) is 38.8 Å². The maximum Gasteiger partial charge on any atom is 0.239 e. The first-order valence-electron chi connectivity index (χ1n) is 9.65. The number of rotatable bonds is 4. The smallest absolute Gasteiger partial charge is 0.239 e. The summed E-state index contributed by atoms with van der Waals surface area (Å²) in [5, 5.41) is 3.39. The van der Waals surface area contributed by atoms with E-state index in [-0.39, 0.29) is 6.04 Å². The van der Waals surface area contributed by atoms with Crippen molar-refractivity contribution in [1.82, 2.24) is 20.0 Å². The summed E-state index contributed by atoms with van der Waals surface area (Å²) in [4.78, 5) is 19.8. The SMILES string of the molecule is C[C@@H]1CC[C@@H](C)N1CCN1CCN(C(=O)[C@@H]2CCCCN2)CC1. The Balaban J connectivity index is 1.39. The van der Waals surface area contributed by atoms with E-state index in [0.717, 1.165) is 57.8 Å². The predicted molar refractivity (Wildman–Crippen MR) is 93.5 cm³/mol. The van der Waals surface area contributed by atoms with Crippen molar-refractivity contribution in [2.24, 2.45) is 0 Å². The average Bonchev–Trinajstić information content (AvgIpc) is 2.92. The van der Waals surface area contributed by atoms with Gasteiger partial charge in [-0.2, -0.15) is 0 Å². The van der Waals surface area contributed by atoms with E-state index in [9.17, 15) is 4.79 Å². The summed E-state index contributed by atoms with van der Waals surface area (Å²) in [6.07, 6.45) is 6.11. The zero-order valence-electron chi connectivity index (χ0n) is 15.0. The zero-order chi connectivity index (χ0) is 16.2. The van der Waals surface area contributed by atoms with Crippen LogP contribution in [0.15, 0.2) is 0 Å². The molecular weight excluding hydrogens is 288 g/mol. The third-order valence-electron chi connectivity index (χ3n) is 6.10. The van der Waals surface area contributed by atoms with E-state index in [4.69, 9.17) is 0 Å². The van der Waals surface area contributed by atoms with Crippen molar-refractivity contribution in [1.29, 1.82) is 0 Å². The van der Waals surface area contributed by atoms with Crippen molar-refractivity contribution in [2.45, 2.75) is 64.1 Å². The minimum atomic E-state index is 0.0848. The molecule has 0 saturated carbocycles. The number of piperidine rings is 1. The van der Waals surface area contributed by atoms with Crippen LogP contribution >= 0.6 is 0 Å². The second-order valence-corrected chi connectivity index (χ2v) is 7.68. The van der Waals surface area contributed by atoms with Crippen molar-refractivity contribution < 1.29 is 4.79 Å². The molecule has 3 aliphatic heterocycles. The number of amides is 1. The molecule has 3 rings (SSSR count). The maximum absolute atomic E-state index is 12.5. The molecule has 3 saturated heterocycles. The first kappa shape index (κ1) is 17.2. The fourth-order valence-electron chi connectivity index (χ4n) is 4.42. The number of carbonyl (C=O) groups excluding carboxylic acids is 1. The van der Waals surface area contributed by atoms with Gasteiger partial charge in [-0.3, -0.25) is 14.6 Å². The molecule has 3 atom stereocenters. The minimum absolute atomic E-state index is 0.0848. The highest BCUT2D eigenvalue weighted by molar-refractivity contribution is 5.82. The molecule has 0 aromatic carbocycles.